The molecular formula is C14H20N2. The monoisotopic (exact) mass is 216 g/mol. The molecule has 3 rings (SSSR count). The van der Waals surface area contributed by atoms with Gasteiger partial charge in [0.05, 0.1) is 0 Å². The van der Waals surface area contributed by atoms with Gasteiger partial charge >= 0.3 is 0 Å². The molecule has 0 amide bonds. The van der Waals surface area contributed by atoms with E-state index >= 15 is 0 Å². The Morgan fingerprint density at radius 3 is 2.62 bits per heavy atom. The van der Waals surface area contributed by atoms with Crippen molar-refractivity contribution >= 4 is 5.69 Å². The molecule has 2 fully saturated rings. The van der Waals surface area contributed by atoms with E-state index in [2.05, 4.69) is 23.1 Å². The molecule has 2 saturated carbocycles. The maximum atomic E-state index is 5.82. The third-order valence-electron chi connectivity index (χ3n) is 3.59. The van der Waals surface area contributed by atoms with Crippen LogP contribution in [0.15, 0.2) is 24.3 Å². The predicted octanol–water partition coefficient (Wildman–Crippen LogP) is 2.64. The van der Waals surface area contributed by atoms with E-state index in [0.717, 1.165) is 24.2 Å². The lowest BCUT2D eigenvalue weighted by Crippen LogP contribution is -2.27. The second-order valence-electron chi connectivity index (χ2n) is 5.35. The molecule has 0 radical (unpaired) electrons. The molecule has 2 aliphatic rings. The highest BCUT2D eigenvalue weighted by Gasteiger charge is 2.33. The van der Waals surface area contributed by atoms with E-state index in [9.17, 15) is 0 Å². The summed E-state index contributed by atoms with van der Waals surface area (Å²) in [5.74, 6) is 0.988. The number of hydrogen-bond donors (Lipinski definition) is 1. The summed E-state index contributed by atoms with van der Waals surface area (Å²) in [6, 6.07) is 9.20. The maximum absolute atomic E-state index is 5.82. The zero-order chi connectivity index (χ0) is 11.0. The quantitative estimate of drug-likeness (QED) is 0.767. The van der Waals surface area contributed by atoms with E-state index in [1.165, 1.54) is 37.8 Å². The van der Waals surface area contributed by atoms with Crippen LogP contribution in [0.2, 0.25) is 0 Å². The van der Waals surface area contributed by atoms with Gasteiger partial charge in [-0.2, -0.15) is 0 Å². The van der Waals surface area contributed by atoms with Crippen molar-refractivity contribution in [2.24, 2.45) is 5.92 Å². The average molecular weight is 216 g/mol. The standard InChI is InChI=1S/C14H20N2/c15-13-3-1-2-12(8-13)10-16(14-6-7-14)9-11-4-5-11/h1-3,8,11,14H,4-7,9-10,15H2. The minimum absolute atomic E-state index is 0.863. The normalized spacial score (nSPS) is 20.3. The van der Waals surface area contributed by atoms with Crippen LogP contribution in [0.5, 0.6) is 0 Å². The smallest absolute Gasteiger partial charge is 0.0317 e. The first kappa shape index (κ1) is 10.2. The number of benzene rings is 1. The highest BCUT2D eigenvalue weighted by molar-refractivity contribution is 5.40. The van der Waals surface area contributed by atoms with Crippen LogP contribution in [-0.2, 0) is 6.54 Å². The fraction of sp³-hybridized carbons (Fsp3) is 0.571. The predicted molar refractivity (Wildman–Crippen MR) is 67.0 cm³/mol. The lowest BCUT2D eigenvalue weighted by atomic mass is 10.2. The highest BCUT2D eigenvalue weighted by atomic mass is 15.2. The minimum atomic E-state index is 0.863. The van der Waals surface area contributed by atoms with Crippen LogP contribution in [0, 0.1) is 5.92 Å². The molecule has 1 aromatic rings. The Labute approximate surface area is 97.4 Å². The van der Waals surface area contributed by atoms with E-state index in [1.54, 1.807) is 0 Å². The molecular weight excluding hydrogens is 196 g/mol. The molecule has 0 aliphatic heterocycles. The topological polar surface area (TPSA) is 29.3 Å². The molecule has 0 spiro atoms. The van der Waals surface area contributed by atoms with Crippen molar-refractivity contribution < 1.29 is 0 Å². The van der Waals surface area contributed by atoms with Crippen molar-refractivity contribution in [2.75, 3.05) is 12.3 Å². The zero-order valence-electron chi connectivity index (χ0n) is 9.73. The van der Waals surface area contributed by atoms with Crippen LogP contribution in [0.3, 0.4) is 0 Å². The number of nitrogens with zero attached hydrogens (tertiary/aromatic N) is 1. The third-order valence-corrected chi connectivity index (χ3v) is 3.59. The number of hydrogen-bond acceptors (Lipinski definition) is 2. The second-order valence-corrected chi connectivity index (χ2v) is 5.35. The van der Waals surface area contributed by atoms with Gasteiger partial charge < -0.3 is 5.73 Å². The third kappa shape index (κ3) is 2.56. The summed E-state index contributed by atoms with van der Waals surface area (Å²) in [6.07, 6.45) is 5.68. The average Bonchev–Trinajstić information content (AvgIpc) is 3.12. The van der Waals surface area contributed by atoms with Gasteiger partial charge in [-0.1, -0.05) is 12.1 Å². The van der Waals surface area contributed by atoms with E-state index in [4.69, 9.17) is 5.73 Å². The number of anilines is 1. The lowest BCUT2D eigenvalue weighted by Gasteiger charge is -2.22. The zero-order valence-corrected chi connectivity index (χ0v) is 9.73. The Bertz CT molecular complexity index is 367. The Kier molecular flexibility index (Phi) is 2.60. The summed E-state index contributed by atoms with van der Waals surface area (Å²) in [7, 11) is 0. The number of nitrogens with two attached hydrogens (primary N) is 1. The Hall–Kier alpha value is -1.02. The molecule has 0 bridgehead atoms. The molecule has 0 atom stereocenters. The fourth-order valence-electron chi connectivity index (χ4n) is 2.34. The van der Waals surface area contributed by atoms with E-state index in [-0.39, 0.29) is 0 Å². The molecule has 86 valence electrons. The van der Waals surface area contributed by atoms with Crippen molar-refractivity contribution in [3.8, 4) is 0 Å². The molecule has 2 heteroatoms. The minimum Gasteiger partial charge on any atom is -0.399 e. The van der Waals surface area contributed by atoms with Crippen LogP contribution >= 0.6 is 0 Å². The van der Waals surface area contributed by atoms with Gasteiger partial charge in [0.2, 0.25) is 0 Å². The summed E-state index contributed by atoms with van der Waals surface area (Å²) >= 11 is 0. The van der Waals surface area contributed by atoms with Gasteiger partial charge in [-0.3, -0.25) is 4.90 Å². The van der Waals surface area contributed by atoms with E-state index in [1.807, 2.05) is 6.07 Å². The van der Waals surface area contributed by atoms with Crippen LogP contribution in [-0.4, -0.2) is 17.5 Å². The molecule has 2 N–H and O–H groups in total. The molecule has 16 heavy (non-hydrogen) atoms. The van der Waals surface area contributed by atoms with Crippen molar-refractivity contribution in [1.29, 1.82) is 0 Å². The van der Waals surface area contributed by atoms with Crippen LogP contribution < -0.4 is 5.73 Å². The summed E-state index contributed by atoms with van der Waals surface area (Å²) in [5.41, 5.74) is 8.08. The summed E-state index contributed by atoms with van der Waals surface area (Å²) in [5, 5.41) is 0. The van der Waals surface area contributed by atoms with Gasteiger partial charge in [-0.05, 0) is 49.3 Å². The van der Waals surface area contributed by atoms with Gasteiger partial charge in [0, 0.05) is 24.8 Å². The fourth-order valence-corrected chi connectivity index (χ4v) is 2.34. The molecule has 0 heterocycles. The largest absolute Gasteiger partial charge is 0.399 e. The molecule has 0 unspecified atom stereocenters. The van der Waals surface area contributed by atoms with Crippen LogP contribution in [0.4, 0.5) is 5.69 Å². The van der Waals surface area contributed by atoms with Gasteiger partial charge in [0.25, 0.3) is 0 Å². The summed E-state index contributed by atoms with van der Waals surface area (Å²) in [4.78, 5) is 2.66. The first-order valence-electron chi connectivity index (χ1n) is 6.40. The Balaban J connectivity index is 1.65. The molecule has 2 aliphatic carbocycles. The first-order chi connectivity index (χ1) is 7.81. The molecule has 0 saturated heterocycles. The van der Waals surface area contributed by atoms with E-state index in [0.29, 0.717) is 0 Å². The van der Waals surface area contributed by atoms with Crippen molar-refractivity contribution in [3.05, 3.63) is 29.8 Å². The number of nitrogen functional groups attached to an aromatic ring is 1. The maximum Gasteiger partial charge on any atom is 0.0317 e. The first-order valence-corrected chi connectivity index (χ1v) is 6.40. The van der Waals surface area contributed by atoms with Gasteiger partial charge in [-0.25, -0.2) is 0 Å². The molecule has 0 aromatic heterocycles. The lowest BCUT2D eigenvalue weighted by molar-refractivity contribution is 0.244. The number of rotatable bonds is 5. The van der Waals surface area contributed by atoms with Gasteiger partial charge in [0.15, 0.2) is 0 Å². The second kappa shape index (κ2) is 4.10. The van der Waals surface area contributed by atoms with E-state index < -0.39 is 0 Å². The van der Waals surface area contributed by atoms with Crippen molar-refractivity contribution in [1.82, 2.24) is 4.90 Å². The van der Waals surface area contributed by atoms with Gasteiger partial charge in [-0.15, -0.1) is 0 Å². The van der Waals surface area contributed by atoms with Crippen molar-refractivity contribution in [2.45, 2.75) is 38.3 Å². The molecule has 1 aromatic carbocycles. The Morgan fingerprint density at radius 1 is 1.19 bits per heavy atom. The summed E-state index contributed by atoms with van der Waals surface area (Å²) in [6.45, 7) is 2.39. The van der Waals surface area contributed by atoms with Crippen LogP contribution in [0.1, 0.15) is 31.2 Å². The van der Waals surface area contributed by atoms with Crippen molar-refractivity contribution in [3.63, 3.8) is 0 Å². The highest BCUT2D eigenvalue weighted by Crippen LogP contribution is 2.35. The molecule has 2 nitrogen and oxygen atoms in total. The SMILES string of the molecule is Nc1cccc(CN(CC2CC2)C2CC2)c1. The Morgan fingerprint density at radius 2 is 2.00 bits per heavy atom. The van der Waals surface area contributed by atoms with Crippen LogP contribution in [0.25, 0.3) is 0 Å². The summed E-state index contributed by atoms with van der Waals surface area (Å²) < 4.78 is 0. The van der Waals surface area contributed by atoms with Gasteiger partial charge in [0.1, 0.15) is 0 Å².